The third-order valence-corrected chi connectivity index (χ3v) is 7.36. The standard InChI is InChI=1S/C26H23Cl2FN4O2S/c27-21-12-9-19(15-22(21)28)24-23(32-26(31)33-25(24)30)13-8-18-3-1-2-17(14-18)5-4-16-6-10-20(11-7-16)36(29,34)35/h1-3,6-7,9-12,14-15H,4-5,8,13H2,(H4,30,31,32,33). The molecule has 0 fully saturated rings. The zero-order valence-electron chi connectivity index (χ0n) is 19.1. The highest BCUT2D eigenvalue weighted by Crippen LogP contribution is 2.33. The zero-order chi connectivity index (χ0) is 25.9. The number of aryl methyl sites for hydroxylation is 4. The van der Waals surface area contributed by atoms with E-state index >= 15 is 0 Å². The lowest BCUT2D eigenvalue weighted by molar-refractivity contribution is 0.552. The number of anilines is 2. The third kappa shape index (κ3) is 6.32. The van der Waals surface area contributed by atoms with Crippen LogP contribution in [0.5, 0.6) is 0 Å². The van der Waals surface area contributed by atoms with Crippen molar-refractivity contribution in [2.75, 3.05) is 11.5 Å². The van der Waals surface area contributed by atoms with Crippen molar-refractivity contribution in [3.8, 4) is 11.1 Å². The van der Waals surface area contributed by atoms with Gasteiger partial charge in [-0.2, -0.15) is 13.4 Å². The van der Waals surface area contributed by atoms with E-state index in [1.54, 1.807) is 24.3 Å². The summed E-state index contributed by atoms with van der Waals surface area (Å²) in [6, 6.07) is 19.3. The van der Waals surface area contributed by atoms with Gasteiger partial charge in [-0.3, -0.25) is 0 Å². The summed E-state index contributed by atoms with van der Waals surface area (Å²) in [5.41, 5.74) is 17.4. The molecular formula is C26H23Cl2FN4O2S. The van der Waals surface area contributed by atoms with Crippen molar-refractivity contribution in [2.45, 2.75) is 30.6 Å². The van der Waals surface area contributed by atoms with E-state index in [0.29, 0.717) is 40.6 Å². The Balaban J connectivity index is 1.48. The molecule has 3 aromatic carbocycles. The van der Waals surface area contributed by atoms with E-state index in [9.17, 15) is 12.3 Å². The molecule has 6 nitrogen and oxygen atoms in total. The van der Waals surface area contributed by atoms with Crippen molar-refractivity contribution in [2.24, 2.45) is 0 Å². The van der Waals surface area contributed by atoms with Crippen LogP contribution in [0.4, 0.5) is 15.7 Å². The molecule has 1 heterocycles. The quantitative estimate of drug-likeness (QED) is 0.269. The van der Waals surface area contributed by atoms with Crippen molar-refractivity contribution in [1.82, 2.24) is 9.97 Å². The number of halogens is 3. The molecule has 36 heavy (non-hydrogen) atoms. The molecule has 0 unspecified atom stereocenters. The molecule has 0 aliphatic carbocycles. The summed E-state index contributed by atoms with van der Waals surface area (Å²) in [6.45, 7) is 0. The van der Waals surface area contributed by atoms with Gasteiger partial charge < -0.3 is 11.5 Å². The van der Waals surface area contributed by atoms with Gasteiger partial charge in [-0.15, -0.1) is 3.89 Å². The normalized spacial score (nSPS) is 11.5. The predicted molar refractivity (Wildman–Crippen MR) is 142 cm³/mol. The second kappa shape index (κ2) is 10.8. The Kier molecular flexibility index (Phi) is 7.78. The molecule has 10 heteroatoms. The summed E-state index contributed by atoms with van der Waals surface area (Å²) in [5.74, 6) is 0.378. The molecule has 0 amide bonds. The van der Waals surface area contributed by atoms with E-state index in [1.807, 2.05) is 24.3 Å². The second-order valence-electron chi connectivity index (χ2n) is 8.32. The van der Waals surface area contributed by atoms with Gasteiger partial charge in [-0.1, -0.05) is 65.7 Å². The van der Waals surface area contributed by atoms with E-state index < -0.39 is 10.2 Å². The number of benzene rings is 3. The summed E-state index contributed by atoms with van der Waals surface area (Å²) >= 11 is 12.3. The highest BCUT2D eigenvalue weighted by atomic mass is 35.5. The van der Waals surface area contributed by atoms with Gasteiger partial charge in [0.05, 0.1) is 20.6 Å². The maximum atomic E-state index is 13.1. The van der Waals surface area contributed by atoms with Crippen LogP contribution in [0.1, 0.15) is 22.4 Å². The zero-order valence-corrected chi connectivity index (χ0v) is 21.4. The van der Waals surface area contributed by atoms with Crippen LogP contribution in [0, 0.1) is 0 Å². The van der Waals surface area contributed by atoms with Gasteiger partial charge in [0.2, 0.25) is 5.95 Å². The average molecular weight is 545 g/mol. The highest BCUT2D eigenvalue weighted by molar-refractivity contribution is 7.86. The molecule has 186 valence electrons. The summed E-state index contributed by atoms with van der Waals surface area (Å²) < 4.78 is 35.1. The lowest BCUT2D eigenvalue weighted by Gasteiger charge is -2.13. The molecule has 0 bridgehead atoms. The Morgan fingerprint density at radius 1 is 0.750 bits per heavy atom. The second-order valence-corrected chi connectivity index (χ2v) is 10.5. The first-order valence-corrected chi connectivity index (χ1v) is 13.2. The van der Waals surface area contributed by atoms with E-state index in [2.05, 4.69) is 16.0 Å². The van der Waals surface area contributed by atoms with Crippen molar-refractivity contribution in [1.29, 1.82) is 0 Å². The van der Waals surface area contributed by atoms with Crippen LogP contribution >= 0.6 is 23.2 Å². The summed E-state index contributed by atoms with van der Waals surface area (Å²) in [7, 11) is -4.69. The van der Waals surface area contributed by atoms with Crippen LogP contribution < -0.4 is 11.5 Å². The van der Waals surface area contributed by atoms with Crippen LogP contribution in [0.2, 0.25) is 10.0 Å². The maximum Gasteiger partial charge on any atom is 0.332 e. The molecule has 0 atom stereocenters. The van der Waals surface area contributed by atoms with Gasteiger partial charge in [0, 0.05) is 5.56 Å². The van der Waals surface area contributed by atoms with Gasteiger partial charge in [0.15, 0.2) is 0 Å². The Hall–Kier alpha value is -3.20. The number of aromatic nitrogens is 2. The predicted octanol–water partition coefficient (Wildman–Crippen LogP) is 5.84. The van der Waals surface area contributed by atoms with E-state index in [4.69, 9.17) is 34.7 Å². The molecule has 0 spiro atoms. The van der Waals surface area contributed by atoms with Gasteiger partial charge in [-0.05, 0) is 72.2 Å². The molecule has 0 aliphatic rings. The fourth-order valence-electron chi connectivity index (χ4n) is 4.00. The summed E-state index contributed by atoms with van der Waals surface area (Å²) in [4.78, 5) is 8.23. The fraction of sp³-hybridized carbons (Fsp3) is 0.154. The highest BCUT2D eigenvalue weighted by Gasteiger charge is 2.15. The molecule has 4 aromatic rings. The SMILES string of the molecule is Nc1nc(N)c(-c2ccc(Cl)c(Cl)c2)c(CCc2cccc(CCc3ccc(S(=O)(=O)F)cc3)c2)n1. The lowest BCUT2D eigenvalue weighted by Crippen LogP contribution is -2.08. The summed E-state index contributed by atoms with van der Waals surface area (Å²) in [5, 5.41) is 0.849. The van der Waals surface area contributed by atoms with Crippen LogP contribution in [-0.4, -0.2) is 18.4 Å². The Labute approximate surface area is 219 Å². The Morgan fingerprint density at radius 2 is 1.39 bits per heavy atom. The van der Waals surface area contributed by atoms with Gasteiger partial charge in [-0.25, -0.2) is 4.98 Å². The average Bonchev–Trinajstić information content (AvgIpc) is 2.83. The van der Waals surface area contributed by atoms with Gasteiger partial charge >= 0.3 is 10.2 Å². The number of hydrogen-bond donors (Lipinski definition) is 2. The fourth-order valence-corrected chi connectivity index (χ4v) is 4.76. The topological polar surface area (TPSA) is 112 Å². The molecule has 0 saturated carbocycles. The Morgan fingerprint density at radius 3 is 2.03 bits per heavy atom. The minimum absolute atomic E-state index is 0.103. The molecule has 0 radical (unpaired) electrons. The Bertz CT molecular complexity index is 1510. The first-order chi connectivity index (χ1) is 17.1. The van der Waals surface area contributed by atoms with Crippen molar-refractivity contribution < 1.29 is 12.3 Å². The number of nitrogens with zero attached hydrogens (tertiary/aromatic N) is 2. The van der Waals surface area contributed by atoms with Crippen molar-refractivity contribution in [3.63, 3.8) is 0 Å². The monoisotopic (exact) mass is 544 g/mol. The minimum atomic E-state index is -4.69. The van der Waals surface area contributed by atoms with Crippen LogP contribution in [0.15, 0.2) is 71.6 Å². The van der Waals surface area contributed by atoms with E-state index in [-0.39, 0.29) is 16.7 Å². The molecule has 0 aliphatic heterocycles. The van der Waals surface area contributed by atoms with Gasteiger partial charge in [0.25, 0.3) is 0 Å². The van der Waals surface area contributed by atoms with Crippen LogP contribution in [0.3, 0.4) is 0 Å². The molecule has 4 N–H and O–H groups in total. The van der Waals surface area contributed by atoms with E-state index in [0.717, 1.165) is 28.7 Å². The number of nitrogens with two attached hydrogens (primary N) is 2. The molecule has 4 rings (SSSR count). The summed E-state index contributed by atoms with van der Waals surface area (Å²) in [6.07, 6.45) is 2.71. The van der Waals surface area contributed by atoms with E-state index in [1.165, 1.54) is 12.1 Å². The molecule has 1 aromatic heterocycles. The molecular weight excluding hydrogens is 522 g/mol. The number of hydrogen-bond acceptors (Lipinski definition) is 6. The smallest absolute Gasteiger partial charge is 0.332 e. The largest absolute Gasteiger partial charge is 0.383 e. The van der Waals surface area contributed by atoms with Gasteiger partial charge in [0.1, 0.15) is 5.82 Å². The van der Waals surface area contributed by atoms with Crippen LogP contribution in [0.25, 0.3) is 11.1 Å². The number of nitrogen functional groups attached to an aromatic ring is 2. The molecule has 0 saturated heterocycles. The lowest BCUT2D eigenvalue weighted by atomic mass is 9.97. The number of rotatable bonds is 8. The third-order valence-electron chi connectivity index (χ3n) is 5.79. The van der Waals surface area contributed by atoms with Crippen molar-refractivity contribution >= 4 is 45.2 Å². The maximum absolute atomic E-state index is 13.1. The van der Waals surface area contributed by atoms with Crippen molar-refractivity contribution in [3.05, 3.63) is 99.2 Å². The first-order valence-electron chi connectivity index (χ1n) is 11.1. The first kappa shape index (κ1) is 25.9. The van der Waals surface area contributed by atoms with Crippen LogP contribution in [-0.2, 0) is 35.9 Å². The minimum Gasteiger partial charge on any atom is -0.383 e.